The number of rotatable bonds is 5. The molecule has 0 radical (unpaired) electrons. The van der Waals surface area contributed by atoms with Crippen molar-refractivity contribution in [3.05, 3.63) is 124 Å². The largest absolute Gasteiger partial charge is 0.297 e. The predicted molar refractivity (Wildman–Crippen MR) is 122 cm³/mol. The van der Waals surface area contributed by atoms with Crippen LogP contribution in [0.4, 0.5) is 14.5 Å². The van der Waals surface area contributed by atoms with Crippen molar-refractivity contribution in [2.24, 2.45) is 0 Å². The van der Waals surface area contributed by atoms with Crippen LogP contribution in [0.15, 0.2) is 101 Å². The van der Waals surface area contributed by atoms with Crippen LogP contribution >= 0.6 is 21.6 Å². The van der Waals surface area contributed by atoms with Crippen LogP contribution in [-0.4, -0.2) is 11.6 Å². The molecule has 0 amide bonds. The van der Waals surface area contributed by atoms with E-state index in [1.54, 1.807) is 0 Å². The maximum atomic E-state index is 13.2. The lowest BCUT2D eigenvalue weighted by molar-refractivity contribution is 0.103. The minimum atomic E-state index is -0.412. The minimum Gasteiger partial charge on any atom is -0.297 e. The van der Waals surface area contributed by atoms with E-state index in [-0.39, 0.29) is 11.6 Å². The summed E-state index contributed by atoms with van der Waals surface area (Å²) >= 11 is 0. The molecule has 0 unspecified atom stereocenters. The molecule has 1 saturated heterocycles. The summed E-state index contributed by atoms with van der Waals surface area (Å²) in [4.78, 5) is 27.2. The number of carbonyl (C=O) groups excluding carboxylic acids is 2. The first-order chi connectivity index (χ1) is 15.0. The van der Waals surface area contributed by atoms with E-state index in [4.69, 9.17) is 0 Å². The molecule has 31 heavy (non-hydrogen) atoms. The highest BCUT2D eigenvalue weighted by atomic mass is 33.1. The molecular weight excluding hydrogens is 436 g/mol. The van der Waals surface area contributed by atoms with E-state index in [0.29, 0.717) is 21.2 Å². The molecule has 0 N–H and O–H groups in total. The van der Waals surface area contributed by atoms with E-state index in [0.717, 1.165) is 5.69 Å². The second-order valence-corrected chi connectivity index (χ2v) is 8.71. The molecule has 0 atom stereocenters. The zero-order chi connectivity index (χ0) is 21.8. The number of anilines is 1. The molecule has 1 fully saturated rings. The zero-order valence-electron chi connectivity index (χ0n) is 16.0. The first-order valence-corrected chi connectivity index (χ1v) is 11.4. The van der Waals surface area contributed by atoms with Crippen LogP contribution in [0.3, 0.4) is 0 Å². The number of halogens is 2. The fourth-order valence-corrected chi connectivity index (χ4v) is 5.24. The second kappa shape index (κ2) is 9.32. The Labute approximate surface area is 185 Å². The number of hydrogen-bond acceptors (Lipinski definition) is 5. The first-order valence-electron chi connectivity index (χ1n) is 9.24. The van der Waals surface area contributed by atoms with Crippen molar-refractivity contribution >= 4 is 38.8 Å². The van der Waals surface area contributed by atoms with E-state index in [9.17, 15) is 18.4 Å². The smallest absolute Gasteiger partial charge is 0.188 e. The molecule has 3 aromatic carbocycles. The highest BCUT2D eigenvalue weighted by Gasteiger charge is 2.28. The first kappa shape index (κ1) is 21.1. The van der Waals surface area contributed by atoms with Crippen LogP contribution in [0, 0.1) is 11.6 Å². The van der Waals surface area contributed by atoms with Gasteiger partial charge in [0.15, 0.2) is 11.6 Å². The lowest BCUT2D eigenvalue weighted by Crippen LogP contribution is -2.16. The Balaban J connectivity index is 1.68. The van der Waals surface area contributed by atoms with E-state index < -0.39 is 11.6 Å². The Bertz CT molecular complexity index is 1100. The molecule has 4 rings (SSSR count). The van der Waals surface area contributed by atoms with Gasteiger partial charge in [-0.2, -0.15) is 0 Å². The van der Waals surface area contributed by atoms with Crippen molar-refractivity contribution in [2.45, 2.75) is 0 Å². The average molecular weight is 452 g/mol. The molecule has 1 aliphatic heterocycles. The quantitative estimate of drug-likeness (QED) is 0.248. The van der Waals surface area contributed by atoms with Crippen molar-refractivity contribution < 1.29 is 18.4 Å². The molecule has 0 bridgehead atoms. The Hall–Kier alpha value is -3.16. The van der Waals surface area contributed by atoms with Crippen LogP contribution < -0.4 is 4.90 Å². The van der Waals surface area contributed by atoms with Gasteiger partial charge in [0.05, 0.1) is 10.1 Å². The number of hydrogen-bond donors (Lipinski definition) is 0. The molecule has 3 aromatic rings. The number of carbonyl (C=O) groups is 2. The zero-order valence-corrected chi connectivity index (χ0v) is 17.6. The Morgan fingerprint density at radius 1 is 0.645 bits per heavy atom. The summed E-state index contributed by atoms with van der Waals surface area (Å²) in [6, 6.07) is 20.0. The third-order valence-electron chi connectivity index (χ3n) is 4.43. The van der Waals surface area contributed by atoms with Crippen LogP contribution in [-0.2, 0) is 0 Å². The number of benzene rings is 3. The number of allylic oxidation sites excluding steroid dienone is 2. The maximum Gasteiger partial charge on any atom is 0.188 e. The molecular formula is C24H15F2NO2S2. The SMILES string of the molecule is O=C(/C=C1\SS/C(=C\C(=O)c2ccc(F)cc2)N1c1ccccc1)c1ccc(F)cc1. The summed E-state index contributed by atoms with van der Waals surface area (Å²) < 4.78 is 26.3. The molecule has 1 aliphatic rings. The molecule has 0 aromatic heterocycles. The van der Waals surface area contributed by atoms with Gasteiger partial charge in [0.25, 0.3) is 0 Å². The summed E-state index contributed by atoms with van der Waals surface area (Å²) in [7, 11) is 2.69. The number of ketones is 2. The third kappa shape index (κ3) is 4.95. The monoisotopic (exact) mass is 451 g/mol. The van der Waals surface area contributed by atoms with Gasteiger partial charge < -0.3 is 0 Å². The molecule has 1 heterocycles. The van der Waals surface area contributed by atoms with Crippen molar-refractivity contribution in [2.75, 3.05) is 4.90 Å². The molecule has 0 spiro atoms. The van der Waals surface area contributed by atoms with Gasteiger partial charge in [-0.25, -0.2) is 8.78 Å². The standard InChI is InChI=1S/C24H15F2NO2S2/c25-18-10-6-16(7-11-18)21(28)14-23-27(20-4-2-1-3-5-20)24(31-30-23)15-22(29)17-8-12-19(26)13-9-17/h1-15H/b23-14-,24-15-. The highest BCUT2D eigenvalue weighted by molar-refractivity contribution is 8.80. The van der Waals surface area contributed by atoms with Crippen molar-refractivity contribution in [3.8, 4) is 0 Å². The van der Waals surface area contributed by atoms with Crippen molar-refractivity contribution in [3.63, 3.8) is 0 Å². The minimum absolute atomic E-state index is 0.268. The van der Waals surface area contributed by atoms with Gasteiger partial charge in [-0.05, 0) is 82.3 Å². The van der Waals surface area contributed by atoms with Crippen LogP contribution in [0.2, 0.25) is 0 Å². The van der Waals surface area contributed by atoms with Crippen molar-refractivity contribution in [1.82, 2.24) is 0 Å². The lowest BCUT2D eigenvalue weighted by atomic mass is 10.1. The maximum absolute atomic E-state index is 13.2. The summed E-state index contributed by atoms with van der Waals surface area (Å²) in [6.45, 7) is 0. The second-order valence-electron chi connectivity index (χ2n) is 6.55. The Morgan fingerprint density at radius 2 is 1.06 bits per heavy atom. The predicted octanol–water partition coefficient (Wildman–Crippen LogP) is 6.61. The van der Waals surface area contributed by atoms with Gasteiger partial charge in [-0.1, -0.05) is 18.2 Å². The number of para-hydroxylation sites is 1. The van der Waals surface area contributed by atoms with E-state index in [2.05, 4.69) is 0 Å². The Kier molecular flexibility index (Phi) is 6.34. The summed E-state index contributed by atoms with van der Waals surface area (Å²) in [6.07, 6.45) is 2.95. The van der Waals surface area contributed by atoms with E-state index in [1.165, 1.54) is 82.3 Å². The van der Waals surface area contributed by atoms with E-state index in [1.807, 2.05) is 35.2 Å². The molecule has 3 nitrogen and oxygen atoms in total. The van der Waals surface area contributed by atoms with Crippen LogP contribution in [0.1, 0.15) is 20.7 Å². The van der Waals surface area contributed by atoms with Gasteiger partial charge in [-0.3, -0.25) is 14.5 Å². The summed E-state index contributed by atoms with van der Waals surface area (Å²) in [5.74, 6) is -1.36. The van der Waals surface area contributed by atoms with Crippen molar-refractivity contribution in [1.29, 1.82) is 0 Å². The average Bonchev–Trinajstić information content (AvgIpc) is 3.17. The summed E-state index contributed by atoms with van der Waals surface area (Å²) in [5, 5.41) is 1.26. The molecule has 154 valence electrons. The fourth-order valence-electron chi connectivity index (χ4n) is 2.90. The fraction of sp³-hybridized carbons (Fsp3) is 0. The van der Waals surface area contributed by atoms with Gasteiger partial charge >= 0.3 is 0 Å². The van der Waals surface area contributed by atoms with E-state index >= 15 is 0 Å². The number of nitrogens with zero attached hydrogens (tertiary/aromatic N) is 1. The normalized spacial score (nSPS) is 16.1. The van der Waals surface area contributed by atoms with Gasteiger partial charge in [0.1, 0.15) is 11.6 Å². The van der Waals surface area contributed by atoms with Gasteiger partial charge in [0.2, 0.25) is 0 Å². The molecule has 0 aliphatic carbocycles. The lowest BCUT2D eigenvalue weighted by Gasteiger charge is -2.19. The third-order valence-corrected chi connectivity index (χ3v) is 6.73. The van der Waals surface area contributed by atoms with Gasteiger partial charge in [0, 0.05) is 29.0 Å². The van der Waals surface area contributed by atoms with Crippen LogP contribution in [0.5, 0.6) is 0 Å². The van der Waals surface area contributed by atoms with Gasteiger partial charge in [-0.15, -0.1) is 0 Å². The Morgan fingerprint density at radius 3 is 1.48 bits per heavy atom. The molecule has 7 heteroatoms. The summed E-state index contributed by atoms with van der Waals surface area (Å²) in [5.41, 5.74) is 1.52. The van der Waals surface area contributed by atoms with Crippen LogP contribution in [0.25, 0.3) is 0 Å². The molecule has 0 saturated carbocycles. The highest BCUT2D eigenvalue weighted by Crippen LogP contribution is 2.51. The topological polar surface area (TPSA) is 37.4 Å².